The van der Waals surface area contributed by atoms with Gasteiger partial charge in [0.25, 0.3) is 5.91 Å². The molecule has 3 unspecified atom stereocenters. The number of pyridine rings is 1. The predicted molar refractivity (Wildman–Crippen MR) is 119 cm³/mol. The molecule has 33 heavy (non-hydrogen) atoms. The van der Waals surface area contributed by atoms with E-state index in [1.54, 1.807) is 36.1 Å². The lowest BCUT2D eigenvalue weighted by molar-refractivity contribution is 0.0483. The van der Waals surface area contributed by atoms with Crippen LogP contribution in [0.2, 0.25) is 5.02 Å². The molecule has 3 aromatic rings. The lowest BCUT2D eigenvalue weighted by Crippen LogP contribution is -2.46. The maximum Gasteiger partial charge on any atom is 0.255 e. The number of aryl methyl sites for hydroxylation is 1. The van der Waals surface area contributed by atoms with Gasteiger partial charge in [0.1, 0.15) is 6.10 Å². The second kappa shape index (κ2) is 9.79. The molecule has 4 rings (SSSR count). The summed E-state index contributed by atoms with van der Waals surface area (Å²) in [4.78, 5) is 19.0. The summed E-state index contributed by atoms with van der Waals surface area (Å²) in [6.07, 6.45) is 3.26. The quantitative estimate of drug-likeness (QED) is 0.532. The van der Waals surface area contributed by atoms with Crippen molar-refractivity contribution in [3.8, 4) is 5.88 Å². The molecule has 1 aliphatic heterocycles. The average Bonchev–Trinajstić information content (AvgIpc) is 2.81. The number of ether oxygens (including phenoxy) is 1. The molecule has 0 radical (unpaired) electrons. The van der Waals surface area contributed by atoms with Crippen LogP contribution in [0.15, 0.2) is 48.8 Å². The average molecular weight is 473 g/mol. The van der Waals surface area contributed by atoms with Crippen molar-refractivity contribution in [3.05, 3.63) is 82.3 Å². The lowest BCUT2D eigenvalue weighted by Gasteiger charge is -2.41. The predicted octanol–water partition coefficient (Wildman–Crippen LogP) is 4.83. The van der Waals surface area contributed by atoms with Crippen molar-refractivity contribution in [1.29, 1.82) is 0 Å². The number of benzene rings is 1. The minimum Gasteiger partial charge on any atom is -0.474 e. The summed E-state index contributed by atoms with van der Waals surface area (Å²) in [7, 11) is 0. The van der Waals surface area contributed by atoms with Gasteiger partial charge in [-0.05, 0) is 50.1 Å². The first-order valence-corrected chi connectivity index (χ1v) is 11.0. The van der Waals surface area contributed by atoms with Gasteiger partial charge in [-0.2, -0.15) is 10.2 Å². The Kier molecular flexibility index (Phi) is 6.83. The molecule has 0 bridgehead atoms. The number of likely N-dealkylation sites (tertiary alicyclic amines) is 1. The highest BCUT2D eigenvalue weighted by Gasteiger charge is 2.37. The van der Waals surface area contributed by atoms with Crippen molar-refractivity contribution in [2.75, 3.05) is 13.1 Å². The van der Waals surface area contributed by atoms with E-state index in [-0.39, 0.29) is 23.8 Å². The molecule has 2 aromatic heterocycles. The van der Waals surface area contributed by atoms with E-state index in [0.29, 0.717) is 47.2 Å². The monoisotopic (exact) mass is 472 g/mol. The number of piperidine rings is 1. The van der Waals surface area contributed by atoms with Crippen molar-refractivity contribution < 1.29 is 18.3 Å². The van der Waals surface area contributed by atoms with Crippen LogP contribution >= 0.6 is 11.6 Å². The number of carbonyl (C=O) groups excluding carboxylic acids is 1. The maximum atomic E-state index is 14.1. The molecule has 1 amide bonds. The maximum absolute atomic E-state index is 14.1. The topological polar surface area (TPSA) is 68.2 Å². The molecule has 9 heteroatoms. The number of aromatic nitrogens is 3. The van der Waals surface area contributed by atoms with Gasteiger partial charge in [0, 0.05) is 37.2 Å². The normalized spacial score (nSPS) is 19.2. The van der Waals surface area contributed by atoms with Crippen LogP contribution in [0.5, 0.6) is 5.88 Å². The highest BCUT2D eigenvalue weighted by atomic mass is 35.5. The SMILES string of the molecule is Cc1cc(C(=O)N2CCC(C(C)Oc3ccc(Cl)cn3)C(c3ccc(F)c(F)c3)C2)cnn1. The smallest absolute Gasteiger partial charge is 0.255 e. The summed E-state index contributed by atoms with van der Waals surface area (Å²) >= 11 is 5.90. The number of hydrogen-bond donors (Lipinski definition) is 0. The van der Waals surface area contributed by atoms with E-state index in [4.69, 9.17) is 16.3 Å². The van der Waals surface area contributed by atoms with Gasteiger partial charge in [-0.25, -0.2) is 13.8 Å². The van der Waals surface area contributed by atoms with Gasteiger partial charge in [-0.3, -0.25) is 4.79 Å². The van der Waals surface area contributed by atoms with E-state index in [1.807, 2.05) is 6.92 Å². The van der Waals surface area contributed by atoms with Gasteiger partial charge < -0.3 is 9.64 Å². The minimum absolute atomic E-state index is 0.0614. The van der Waals surface area contributed by atoms with Crippen molar-refractivity contribution in [2.24, 2.45) is 5.92 Å². The van der Waals surface area contributed by atoms with Crippen molar-refractivity contribution >= 4 is 17.5 Å². The van der Waals surface area contributed by atoms with E-state index < -0.39 is 11.6 Å². The van der Waals surface area contributed by atoms with Crippen molar-refractivity contribution in [1.82, 2.24) is 20.1 Å². The Balaban J connectivity index is 1.60. The number of carbonyl (C=O) groups is 1. The fourth-order valence-corrected chi connectivity index (χ4v) is 4.41. The summed E-state index contributed by atoms with van der Waals surface area (Å²) in [6, 6.07) is 8.94. The Hall–Kier alpha value is -3.13. The molecule has 3 atom stereocenters. The lowest BCUT2D eigenvalue weighted by atomic mass is 9.77. The molecular weight excluding hydrogens is 450 g/mol. The Bertz CT molecular complexity index is 1150. The number of rotatable bonds is 5. The van der Waals surface area contributed by atoms with Gasteiger partial charge >= 0.3 is 0 Å². The van der Waals surface area contributed by atoms with Crippen LogP contribution in [0.4, 0.5) is 8.78 Å². The van der Waals surface area contributed by atoms with Crippen LogP contribution < -0.4 is 4.74 Å². The molecule has 172 valence electrons. The Morgan fingerprint density at radius 1 is 1.18 bits per heavy atom. The molecule has 3 heterocycles. The van der Waals surface area contributed by atoms with E-state index >= 15 is 0 Å². The number of halogens is 3. The van der Waals surface area contributed by atoms with E-state index in [1.165, 1.54) is 18.5 Å². The molecule has 1 aromatic carbocycles. The van der Waals surface area contributed by atoms with Gasteiger partial charge in [-0.15, -0.1) is 0 Å². The van der Waals surface area contributed by atoms with Crippen LogP contribution in [0.1, 0.15) is 40.9 Å². The second-order valence-electron chi connectivity index (χ2n) is 8.21. The largest absolute Gasteiger partial charge is 0.474 e. The highest BCUT2D eigenvalue weighted by Crippen LogP contribution is 2.37. The van der Waals surface area contributed by atoms with E-state index in [9.17, 15) is 13.6 Å². The number of hydrogen-bond acceptors (Lipinski definition) is 5. The molecule has 1 aliphatic rings. The fraction of sp³-hybridized carbons (Fsp3) is 0.333. The zero-order valence-electron chi connectivity index (χ0n) is 18.2. The zero-order valence-corrected chi connectivity index (χ0v) is 19.0. The first-order chi connectivity index (χ1) is 15.8. The first-order valence-electron chi connectivity index (χ1n) is 10.6. The fourth-order valence-electron chi connectivity index (χ4n) is 4.29. The van der Waals surface area contributed by atoms with Crippen molar-refractivity contribution in [3.63, 3.8) is 0 Å². The zero-order chi connectivity index (χ0) is 23.5. The Morgan fingerprint density at radius 2 is 2.00 bits per heavy atom. The summed E-state index contributed by atoms with van der Waals surface area (Å²) < 4.78 is 33.7. The van der Waals surface area contributed by atoms with E-state index in [0.717, 1.165) is 6.07 Å². The summed E-state index contributed by atoms with van der Waals surface area (Å²) in [5, 5.41) is 8.27. The van der Waals surface area contributed by atoms with E-state index in [2.05, 4.69) is 15.2 Å². The molecule has 0 aliphatic carbocycles. The third kappa shape index (κ3) is 5.27. The highest BCUT2D eigenvalue weighted by molar-refractivity contribution is 6.30. The van der Waals surface area contributed by atoms with Crippen LogP contribution in [-0.4, -0.2) is 45.2 Å². The van der Waals surface area contributed by atoms with Crippen molar-refractivity contribution in [2.45, 2.75) is 32.3 Å². The number of amides is 1. The number of nitrogens with zero attached hydrogens (tertiary/aromatic N) is 4. The molecule has 1 fully saturated rings. The summed E-state index contributed by atoms with van der Waals surface area (Å²) in [5.41, 5.74) is 1.70. The second-order valence-corrected chi connectivity index (χ2v) is 8.64. The van der Waals surface area contributed by atoms with Gasteiger partial charge in [0.15, 0.2) is 11.6 Å². The standard InChI is InChI=1S/C24H23ClF2N4O2/c1-14-9-17(11-29-30-14)24(32)31-8-7-19(15(2)33-23-6-4-18(25)12-28-23)20(13-31)16-3-5-21(26)22(27)10-16/h3-6,9-12,15,19-20H,7-8,13H2,1-2H3. The van der Waals surface area contributed by atoms with Gasteiger partial charge in [0.2, 0.25) is 5.88 Å². The molecular formula is C24H23ClF2N4O2. The van der Waals surface area contributed by atoms with Crippen LogP contribution in [0.3, 0.4) is 0 Å². The van der Waals surface area contributed by atoms with Gasteiger partial charge in [-0.1, -0.05) is 17.7 Å². The molecule has 0 spiro atoms. The molecule has 6 nitrogen and oxygen atoms in total. The molecule has 1 saturated heterocycles. The Morgan fingerprint density at radius 3 is 2.70 bits per heavy atom. The third-order valence-corrected chi connectivity index (χ3v) is 6.18. The van der Waals surface area contributed by atoms with Gasteiger partial charge in [0.05, 0.1) is 22.5 Å². The molecule has 0 N–H and O–H groups in total. The third-order valence-electron chi connectivity index (χ3n) is 5.96. The Labute approximate surface area is 195 Å². The van der Waals surface area contributed by atoms with Crippen LogP contribution in [0.25, 0.3) is 0 Å². The first kappa shape index (κ1) is 23.0. The molecule has 0 saturated carbocycles. The minimum atomic E-state index is -0.920. The summed E-state index contributed by atoms with van der Waals surface area (Å²) in [5.74, 6) is -1.91. The summed E-state index contributed by atoms with van der Waals surface area (Å²) in [6.45, 7) is 4.51. The van der Waals surface area contributed by atoms with Crippen LogP contribution in [0, 0.1) is 24.5 Å². The van der Waals surface area contributed by atoms with Crippen LogP contribution in [-0.2, 0) is 0 Å².